The Hall–Kier alpha value is -0.440. The van der Waals surface area contributed by atoms with Crippen molar-refractivity contribution in [3.63, 3.8) is 0 Å². The van der Waals surface area contributed by atoms with Crippen molar-refractivity contribution in [3.8, 4) is 0 Å². The zero-order valence-corrected chi connectivity index (χ0v) is 7.17. The third-order valence-electron chi connectivity index (χ3n) is 2.22. The summed E-state index contributed by atoms with van der Waals surface area (Å²) in [5.41, 5.74) is 0. The lowest BCUT2D eigenvalue weighted by Gasteiger charge is -2.23. The summed E-state index contributed by atoms with van der Waals surface area (Å²) in [4.78, 5) is 10.2. The second-order valence-electron chi connectivity index (χ2n) is 3.22. The Morgan fingerprint density at radius 1 is 1.42 bits per heavy atom. The van der Waals surface area contributed by atoms with E-state index in [0.717, 1.165) is 25.7 Å². The van der Waals surface area contributed by atoms with Crippen LogP contribution in [0.2, 0.25) is 0 Å². The van der Waals surface area contributed by atoms with Gasteiger partial charge in [0, 0.05) is 0 Å². The van der Waals surface area contributed by atoms with E-state index in [1.165, 1.54) is 6.42 Å². The molecule has 0 N–H and O–H groups in total. The number of carbonyl (C=O) groups is 1. The molecule has 1 saturated carbocycles. The van der Waals surface area contributed by atoms with Gasteiger partial charge in [-0.2, -0.15) is 0 Å². The van der Waals surface area contributed by atoms with E-state index in [0.29, 0.717) is 6.29 Å². The molecule has 0 amide bonds. The fraction of sp³-hybridized carbons (Fsp3) is 0.889. The van der Waals surface area contributed by atoms with Gasteiger partial charge in [0.1, 0.15) is 12.8 Å². The smallest absolute Gasteiger partial charge is 0.151 e. The van der Waals surface area contributed by atoms with E-state index in [9.17, 15) is 9.18 Å². The lowest BCUT2D eigenvalue weighted by atomic mass is 9.98. The van der Waals surface area contributed by atoms with Crippen molar-refractivity contribution in [1.29, 1.82) is 0 Å². The van der Waals surface area contributed by atoms with Crippen LogP contribution in [-0.2, 0) is 9.53 Å². The van der Waals surface area contributed by atoms with Crippen LogP contribution in [0.15, 0.2) is 0 Å². The maximum absolute atomic E-state index is 12.1. The van der Waals surface area contributed by atoms with Gasteiger partial charge in [-0.3, -0.25) is 0 Å². The molecule has 0 spiro atoms. The first-order chi connectivity index (χ1) is 5.86. The molecule has 0 saturated heterocycles. The maximum Gasteiger partial charge on any atom is 0.151 e. The zero-order chi connectivity index (χ0) is 8.81. The maximum atomic E-state index is 12.1. The van der Waals surface area contributed by atoms with Crippen molar-refractivity contribution in [1.82, 2.24) is 0 Å². The number of rotatable bonds is 4. The molecule has 0 aliphatic heterocycles. The number of alkyl halides is 1. The predicted octanol–water partition coefficient (Wildman–Crippen LogP) is 1.87. The Morgan fingerprint density at radius 2 is 2.08 bits per heavy atom. The van der Waals surface area contributed by atoms with Gasteiger partial charge in [0.2, 0.25) is 0 Å². The zero-order valence-electron chi connectivity index (χ0n) is 7.17. The Labute approximate surface area is 72.1 Å². The van der Waals surface area contributed by atoms with E-state index in [1.807, 2.05) is 0 Å². The van der Waals surface area contributed by atoms with E-state index in [1.54, 1.807) is 0 Å². The highest BCUT2D eigenvalue weighted by Gasteiger charge is 2.18. The fourth-order valence-electron chi connectivity index (χ4n) is 1.55. The molecule has 0 heterocycles. The Morgan fingerprint density at radius 3 is 2.58 bits per heavy atom. The summed E-state index contributed by atoms with van der Waals surface area (Å²) in [7, 11) is 0. The van der Waals surface area contributed by atoms with Crippen LogP contribution in [0, 0.1) is 0 Å². The first kappa shape index (κ1) is 9.65. The molecule has 1 atom stereocenters. The molecule has 0 aromatic carbocycles. The molecule has 1 unspecified atom stereocenters. The molecule has 12 heavy (non-hydrogen) atoms. The van der Waals surface area contributed by atoms with Crippen molar-refractivity contribution in [2.75, 3.05) is 6.67 Å². The molecule has 1 rings (SSSR count). The minimum absolute atomic E-state index is 0.115. The van der Waals surface area contributed by atoms with Crippen LogP contribution in [-0.4, -0.2) is 25.2 Å². The van der Waals surface area contributed by atoms with E-state index in [2.05, 4.69) is 0 Å². The lowest BCUT2D eigenvalue weighted by Crippen LogP contribution is -2.26. The fourth-order valence-corrected chi connectivity index (χ4v) is 1.55. The van der Waals surface area contributed by atoms with E-state index < -0.39 is 12.8 Å². The summed E-state index contributed by atoms with van der Waals surface area (Å²) in [5, 5.41) is 0. The lowest BCUT2D eigenvalue weighted by molar-refractivity contribution is -0.124. The van der Waals surface area contributed by atoms with Gasteiger partial charge >= 0.3 is 0 Å². The Kier molecular flexibility index (Phi) is 4.22. The number of halogens is 1. The molecule has 1 aliphatic rings. The van der Waals surface area contributed by atoms with Crippen LogP contribution in [0.1, 0.15) is 32.1 Å². The molecule has 0 bridgehead atoms. The molecule has 1 fully saturated rings. The van der Waals surface area contributed by atoms with Crippen molar-refractivity contribution < 1.29 is 13.9 Å². The van der Waals surface area contributed by atoms with E-state index in [-0.39, 0.29) is 6.10 Å². The van der Waals surface area contributed by atoms with Crippen LogP contribution >= 0.6 is 0 Å². The second kappa shape index (κ2) is 5.25. The molecule has 0 aromatic rings. The van der Waals surface area contributed by atoms with Crippen molar-refractivity contribution in [2.24, 2.45) is 0 Å². The summed E-state index contributed by atoms with van der Waals surface area (Å²) in [6, 6.07) is 0. The first-order valence-electron chi connectivity index (χ1n) is 4.53. The standard InChI is InChI=1S/C9H15FO2/c10-6-9(7-11)12-8-4-2-1-3-5-8/h7-9H,1-6H2. The number of ether oxygens (including phenoxy) is 1. The minimum atomic E-state index is -0.826. The van der Waals surface area contributed by atoms with Crippen molar-refractivity contribution in [3.05, 3.63) is 0 Å². The van der Waals surface area contributed by atoms with Gasteiger partial charge in [-0.25, -0.2) is 4.39 Å². The predicted molar refractivity (Wildman–Crippen MR) is 43.8 cm³/mol. The quantitative estimate of drug-likeness (QED) is 0.608. The van der Waals surface area contributed by atoms with Crippen molar-refractivity contribution in [2.45, 2.75) is 44.3 Å². The third-order valence-corrected chi connectivity index (χ3v) is 2.22. The Bertz CT molecular complexity index is 132. The minimum Gasteiger partial charge on any atom is -0.365 e. The normalized spacial score (nSPS) is 22.1. The van der Waals surface area contributed by atoms with Gasteiger partial charge in [-0.15, -0.1) is 0 Å². The van der Waals surface area contributed by atoms with E-state index in [4.69, 9.17) is 4.74 Å². The number of hydrogen-bond donors (Lipinski definition) is 0. The van der Waals surface area contributed by atoms with Crippen LogP contribution in [0.4, 0.5) is 4.39 Å². The highest BCUT2D eigenvalue weighted by atomic mass is 19.1. The van der Waals surface area contributed by atoms with Gasteiger partial charge < -0.3 is 9.53 Å². The highest BCUT2D eigenvalue weighted by Crippen LogP contribution is 2.21. The Balaban J connectivity index is 2.22. The van der Waals surface area contributed by atoms with Crippen LogP contribution in [0.5, 0.6) is 0 Å². The number of aldehydes is 1. The summed E-state index contributed by atoms with van der Waals surface area (Å²) < 4.78 is 17.3. The van der Waals surface area contributed by atoms with Gasteiger partial charge in [0.15, 0.2) is 6.29 Å². The summed E-state index contributed by atoms with van der Waals surface area (Å²) in [6.45, 7) is -0.694. The van der Waals surface area contributed by atoms with Gasteiger partial charge in [0.25, 0.3) is 0 Å². The molecular formula is C9H15FO2. The van der Waals surface area contributed by atoms with Gasteiger partial charge in [-0.1, -0.05) is 19.3 Å². The van der Waals surface area contributed by atoms with Crippen LogP contribution < -0.4 is 0 Å². The van der Waals surface area contributed by atoms with Crippen LogP contribution in [0.25, 0.3) is 0 Å². The molecule has 1 aliphatic carbocycles. The summed E-state index contributed by atoms with van der Waals surface area (Å²) in [5.74, 6) is 0. The first-order valence-corrected chi connectivity index (χ1v) is 4.53. The highest BCUT2D eigenvalue weighted by molar-refractivity contribution is 5.56. The summed E-state index contributed by atoms with van der Waals surface area (Å²) in [6.07, 6.45) is 5.31. The summed E-state index contributed by atoms with van der Waals surface area (Å²) >= 11 is 0. The van der Waals surface area contributed by atoms with Gasteiger partial charge in [0.05, 0.1) is 6.10 Å². The number of carbonyl (C=O) groups excluding carboxylic acids is 1. The average Bonchev–Trinajstić information content (AvgIpc) is 2.16. The molecule has 2 nitrogen and oxygen atoms in total. The largest absolute Gasteiger partial charge is 0.365 e. The average molecular weight is 174 g/mol. The third kappa shape index (κ3) is 2.89. The molecular weight excluding hydrogens is 159 g/mol. The molecule has 70 valence electrons. The van der Waals surface area contributed by atoms with Gasteiger partial charge in [-0.05, 0) is 12.8 Å². The van der Waals surface area contributed by atoms with Crippen molar-refractivity contribution >= 4 is 6.29 Å². The number of hydrogen-bond acceptors (Lipinski definition) is 2. The van der Waals surface area contributed by atoms with Crippen LogP contribution in [0.3, 0.4) is 0 Å². The SMILES string of the molecule is O=CC(CF)OC1CCCCC1. The van der Waals surface area contributed by atoms with E-state index >= 15 is 0 Å². The molecule has 0 aromatic heterocycles. The molecule has 0 radical (unpaired) electrons. The second-order valence-corrected chi connectivity index (χ2v) is 3.22. The topological polar surface area (TPSA) is 26.3 Å². The molecule has 3 heteroatoms. The monoisotopic (exact) mass is 174 g/mol.